The summed E-state index contributed by atoms with van der Waals surface area (Å²) < 4.78 is 5.44. The largest absolute Gasteiger partial charge is 0.390 e. The summed E-state index contributed by atoms with van der Waals surface area (Å²) in [5.74, 6) is 0.658. The molecule has 2 atom stereocenters. The molecule has 0 spiro atoms. The number of hydrogen-bond donors (Lipinski definition) is 1. The molecule has 88 valence electrons. The molecule has 1 aliphatic heterocycles. The van der Waals surface area contributed by atoms with Gasteiger partial charge in [0.05, 0.1) is 12.2 Å². The molecule has 4 heteroatoms. The van der Waals surface area contributed by atoms with Crippen molar-refractivity contribution >= 4 is 23.4 Å². The molecular weight excluding hydrogens is 244 g/mol. The summed E-state index contributed by atoms with van der Waals surface area (Å²) in [6.45, 7) is 0.781. The molecule has 1 heterocycles. The highest BCUT2D eigenvalue weighted by Gasteiger charge is 2.23. The average molecular weight is 259 g/mol. The van der Waals surface area contributed by atoms with Crippen LogP contribution in [0.3, 0.4) is 0 Å². The lowest BCUT2D eigenvalue weighted by Gasteiger charge is -2.16. The van der Waals surface area contributed by atoms with Crippen molar-refractivity contribution in [2.75, 3.05) is 12.4 Å². The molecule has 1 aromatic rings. The van der Waals surface area contributed by atoms with Crippen LogP contribution in [0.2, 0.25) is 5.02 Å². The van der Waals surface area contributed by atoms with Gasteiger partial charge in [0.15, 0.2) is 0 Å². The van der Waals surface area contributed by atoms with E-state index in [1.54, 1.807) is 11.8 Å². The highest BCUT2D eigenvalue weighted by Crippen LogP contribution is 2.25. The fraction of sp³-hybridized carbons (Fsp3) is 0.500. The van der Waals surface area contributed by atoms with Gasteiger partial charge in [-0.2, -0.15) is 0 Å². The summed E-state index contributed by atoms with van der Waals surface area (Å²) in [6.07, 6.45) is 1.67. The van der Waals surface area contributed by atoms with Crippen LogP contribution in [0.5, 0.6) is 0 Å². The number of aliphatic hydroxyl groups is 1. The zero-order chi connectivity index (χ0) is 11.4. The van der Waals surface area contributed by atoms with Gasteiger partial charge in [-0.15, -0.1) is 11.8 Å². The number of halogens is 1. The van der Waals surface area contributed by atoms with Crippen molar-refractivity contribution < 1.29 is 9.84 Å². The maximum atomic E-state index is 9.90. The summed E-state index contributed by atoms with van der Waals surface area (Å²) in [4.78, 5) is 1.09. The minimum Gasteiger partial charge on any atom is -0.390 e. The van der Waals surface area contributed by atoms with E-state index in [-0.39, 0.29) is 12.2 Å². The highest BCUT2D eigenvalue weighted by molar-refractivity contribution is 7.99. The minimum atomic E-state index is -0.383. The van der Waals surface area contributed by atoms with Crippen molar-refractivity contribution in [3.63, 3.8) is 0 Å². The molecule has 2 nitrogen and oxygen atoms in total. The standard InChI is InChI=1S/C12H15ClO2S/c13-9-3-1-4-10(7-9)16-8-11(14)12-5-2-6-15-12/h1,3-4,7,11-12,14H,2,5-6,8H2. The second-order valence-corrected chi connectivity index (χ2v) is 5.42. The van der Waals surface area contributed by atoms with Crippen molar-refractivity contribution in [1.29, 1.82) is 0 Å². The molecule has 2 unspecified atom stereocenters. The van der Waals surface area contributed by atoms with E-state index in [9.17, 15) is 5.11 Å². The summed E-state index contributed by atoms with van der Waals surface area (Å²) >= 11 is 7.50. The molecule has 0 bridgehead atoms. The SMILES string of the molecule is OC(CSc1cccc(Cl)c1)C1CCCO1. The van der Waals surface area contributed by atoms with Gasteiger partial charge < -0.3 is 9.84 Å². The van der Waals surface area contributed by atoms with E-state index in [0.717, 1.165) is 29.4 Å². The van der Waals surface area contributed by atoms with E-state index in [4.69, 9.17) is 16.3 Å². The quantitative estimate of drug-likeness (QED) is 0.842. The van der Waals surface area contributed by atoms with Crippen molar-refractivity contribution in [2.24, 2.45) is 0 Å². The van der Waals surface area contributed by atoms with Crippen molar-refractivity contribution in [3.05, 3.63) is 29.3 Å². The van der Waals surface area contributed by atoms with Crippen LogP contribution < -0.4 is 0 Å². The van der Waals surface area contributed by atoms with Crippen molar-refractivity contribution in [3.8, 4) is 0 Å². The average Bonchev–Trinajstić information content (AvgIpc) is 2.79. The van der Waals surface area contributed by atoms with Gasteiger partial charge in [-0.25, -0.2) is 0 Å². The first-order valence-electron chi connectivity index (χ1n) is 5.44. The lowest BCUT2D eigenvalue weighted by molar-refractivity contribution is 0.0110. The second-order valence-electron chi connectivity index (χ2n) is 3.89. The Kier molecular flexibility index (Phi) is 4.53. The minimum absolute atomic E-state index is 0.0201. The van der Waals surface area contributed by atoms with E-state index >= 15 is 0 Å². The van der Waals surface area contributed by atoms with E-state index in [1.165, 1.54) is 0 Å². The molecule has 0 radical (unpaired) electrons. The molecule has 1 aliphatic rings. The van der Waals surface area contributed by atoms with Gasteiger partial charge in [-0.05, 0) is 31.0 Å². The maximum absolute atomic E-state index is 9.90. The molecule has 1 saturated heterocycles. The van der Waals surface area contributed by atoms with Crippen LogP contribution in [0.25, 0.3) is 0 Å². The number of thioether (sulfide) groups is 1. The first-order chi connectivity index (χ1) is 7.75. The predicted molar refractivity (Wildman–Crippen MR) is 67.2 cm³/mol. The van der Waals surface area contributed by atoms with Crippen LogP contribution in [-0.4, -0.2) is 29.7 Å². The number of rotatable bonds is 4. The van der Waals surface area contributed by atoms with Gasteiger partial charge in [0.2, 0.25) is 0 Å². The second kappa shape index (κ2) is 5.92. The fourth-order valence-corrected chi connectivity index (χ4v) is 2.97. The van der Waals surface area contributed by atoms with Crippen LogP contribution in [0.1, 0.15) is 12.8 Å². The Morgan fingerprint density at radius 3 is 3.12 bits per heavy atom. The van der Waals surface area contributed by atoms with Crippen LogP contribution in [0.15, 0.2) is 29.2 Å². The van der Waals surface area contributed by atoms with Crippen LogP contribution in [-0.2, 0) is 4.74 Å². The Bertz CT molecular complexity index is 340. The molecule has 0 aliphatic carbocycles. The van der Waals surface area contributed by atoms with Gasteiger partial charge >= 0.3 is 0 Å². The topological polar surface area (TPSA) is 29.5 Å². The Hall–Kier alpha value is -0.220. The molecule has 0 saturated carbocycles. The molecule has 0 amide bonds. The molecule has 1 aromatic carbocycles. The van der Waals surface area contributed by atoms with Crippen LogP contribution in [0, 0.1) is 0 Å². The smallest absolute Gasteiger partial charge is 0.0895 e. The third kappa shape index (κ3) is 3.39. The Morgan fingerprint density at radius 1 is 1.56 bits per heavy atom. The number of hydrogen-bond acceptors (Lipinski definition) is 3. The van der Waals surface area contributed by atoms with E-state index < -0.39 is 0 Å². The third-order valence-electron chi connectivity index (χ3n) is 2.61. The number of aliphatic hydroxyl groups excluding tert-OH is 1. The number of benzene rings is 1. The summed E-state index contributed by atoms with van der Waals surface area (Å²) in [7, 11) is 0. The number of ether oxygens (including phenoxy) is 1. The first kappa shape index (κ1) is 12.2. The van der Waals surface area contributed by atoms with E-state index in [0.29, 0.717) is 5.75 Å². The zero-order valence-corrected chi connectivity index (χ0v) is 10.5. The zero-order valence-electron chi connectivity index (χ0n) is 8.93. The molecular formula is C12H15ClO2S. The summed E-state index contributed by atoms with van der Waals surface area (Å²) in [5, 5.41) is 10.6. The van der Waals surface area contributed by atoms with Gasteiger partial charge in [0, 0.05) is 22.3 Å². The summed E-state index contributed by atoms with van der Waals surface area (Å²) in [5.41, 5.74) is 0. The van der Waals surface area contributed by atoms with Crippen molar-refractivity contribution in [1.82, 2.24) is 0 Å². The van der Waals surface area contributed by atoms with Gasteiger partial charge in [-0.1, -0.05) is 17.7 Å². The Morgan fingerprint density at radius 2 is 2.44 bits per heavy atom. The molecule has 0 aromatic heterocycles. The van der Waals surface area contributed by atoms with E-state index in [2.05, 4.69) is 0 Å². The van der Waals surface area contributed by atoms with Gasteiger partial charge in [0.25, 0.3) is 0 Å². The maximum Gasteiger partial charge on any atom is 0.0895 e. The first-order valence-corrected chi connectivity index (χ1v) is 6.80. The normalized spacial score (nSPS) is 22.2. The van der Waals surface area contributed by atoms with Crippen LogP contribution in [0.4, 0.5) is 0 Å². The lowest BCUT2D eigenvalue weighted by Crippen LogP contribution is -2.27. The fourth-order valence-electron chi connectivity index (χ4n) is 1.75. The third-order valence-corrected chi connectivity index (χ3v) is 3.94. The molecule has 1 fully saturated rings. The highest BCUT2D eigenvalue weighted by atomic mass is 35.5. The Balaban J connectivity index is 1.82. The summed E-state index contributed by atoms with van der Waals surface area (Å²) in [6, 6.07) is 7.68. The lowest BCUT2D eigenvalue weighted by atomic mass is 10.1. The van der Waals surface area contributed by atoms with Crippen LogP contribution >= 0.6 is 23.4 Å². The van der Waals surface area contributed by atoms with E-state index in [1.807, 2.05) is 24.3 Å². The van der Waals surface area contributed by atoms with Gasteiger partial charge in [0.1, 0.15) is 0 Å². The van der Waals surface area contributed by atoms with Gasteiger partial charge in [-0.3, -0.25) is 0 Å². The monoisotopic (exact) mass is 258 g/mol. The predicted octanol–water partition coefficient (Wildman–Crippen LogP) is 2.97. The molecule has 2 rings (SSSR count). The molecule has 1 N–H and O–H groups in total. The van der Waals surface area contributed by atoms with Crippen molar-refractivity contribution in [2.45, 2.75) is 29.9 Å². The Labute approximate surface area is 105 Å². The molecule has 16 heavy (non-hydrogen) atoms.